The molecule has 0 aliphatic heterocycles. The van der Waals surface area contributed by atoms with Crippen molar-refractivity contribution in [1.82, 2.24) is 15.6 Å². The van der Waals surface area contributed by atoms with Crippen molar-refractivity contribution in [2.75, 3.05) is 14.2 Å². The maximum atomic E-state index is 5.05. The molecule has 0 aliphatic rings. The predicted molar refractivity (Wildman–Crippen MR) is 87.7 cm³/mol. The van der Waals surface area contributed by atoms with E-state index in [0.717, 1.165) is 11.5 Å². The second-order valence-corrected chi connectivity index (χ2v) is 5.18. The highest BCUT2D eigenvalue weighted by molar-refractivity contribution is 5.79. The Balaban J connectivity index is 2.36. The van der Waals surface area contributed by atoms with Crippen molar-refractivity contribution in [2.45, 2.75) is 52.1 Å². The van der Waals surface area contributed by atoms with Crippen molar-refractivity contribution in [3.05, 3.63) is 23.9 Å². The first-order valence-corrected chi connectivity index (χ1v) is 7.65. The minimum atomic E-state index is 0.428. The van der Waals surface area contributed by atoms with Gasteiger partial charge in [-0.25, -0.2) is 4.98 Å². The number of methoxy groups -OCH3 is 1. The quantitative estimate of drug-likeness (QED) is 0.439. The third kappa shape index (κ3) is 6.97. The van der Waals surface area contributed by atoms with Gasteiger partial charge in [-0.3, -0.25) is 4.99 Å². The summed E-state index contributed by atoms with van der Waals surface area (Å²) in [6.45, 7) is 5.11. The highest BCUT2D eigenvalue weighted by Gasteiger charge is 2.05. The van der Waals surface area contributed by atoms with Crippen LogP contribution in [0.15, 0.2) is 23.3 Å². The highest BCUT2D eigenvalue weighted by atomic mass is 16.5. The number of guanidine groups is 1. The van der Waals surface area contributed by atoms with E-state index in [1.807, 2.05) is 18.3 Å². The molecule has 0 aliphatic carbocycles. The van der Waals surface area contributed by atoms with Crippen LogP contribution in [0, 0.1) is 0 Å². The van der Waals surface area contributed by atoms with Crippen LogP contribution in [-0.4, -0.2) is 31.1 Å². The molecule has 0 bridgehead atoms. The summed E-state index contributed by atoms with van der Waals surface area (Å²) < 4.78 is 5.05. The molecule has 0 fully saturated rings. The van der Waals surface area contributed by atoms with E-state index in [1.165, 1.54) is 25.7 Å². The van der Waals surface area contributed by atoms with Crippen LogP contribution in [0.3, 0.4) is 0 Å². The van der Waals surface area contributed by atoms with Gasteiger partial charge >= 0.3 is 0 Å². The first-order valence-electron chi connectivity index (χ1n) is 7.65. The number of hydrogen-bond acceptors (Lipinski definition) is 3. The van der Waals surface area contributed by atoms with Gasteiger partial charge in [0.15, 0.2) is 5.96 Å². The number of unbranched alkanes of at least 4 members (excludes halogenated alkanes) is 2. The smallest absolute Gasteiger partial charge is 0.212 e. The van der Waals surface area contributed by atoms with Crippen LogP contribution in [-0.2, 0) is 6.54 Å². The molecule has 0 aromatic carbocycles. The molecule has 0 spiro atoms. The number of aliphatic imine (C=N–C) groups is 1. The topological polar surface area (TPSA) is 58.5 Å². The largest absolute Gasteiger partial charge is 0.481 e. The van der Waals surface area contributed by atoms with Crippen LogP contribution in [0.1, 0.15) is 45.1 Å². The van der Waals surface area contributed by atoms with Gasteiger partial charge in [-0.15, -0.1) is 0 Å². The minimum Gasteiger partial charge on any atom is -0.481 e. The lowest BCUT2D eigenvalue weighted by Gasteiger charge is -2.17. The summed E-state index contributed by atoms with van der Waals surface area (Å²) in [6.07, 6.45) is 6.77. The Kier molecular flexibility index (Phi) is 8.24. The van der Waals surface area contributed by atoms with Gasteiger partial charge in [-0.1, -0.05) is 32.3 Å². The van der Waals surface area contributed by atoms with Crippen LogP contribution < -0.4 is 15.4 Å². The number of nitrogens with zero attached hydrogens (tertiary/aromatic N) is 2. The van der Waals surface area contributed by atoms with E-state index in [1.54, 1.807) is 14.2 Å². The van der Waals surface area contributed by atoms with Crippen molar-refractivity contribution in [3.8, 4) is 5.88 Å². The number of rotatable bonds is 8. The lowest BCUT2D eigenvalue weighted by atomic mass is 10.1. The van der Waals surface area contributed by atoms with E-state index in [2.05, 4.69) is 34.5 Å². The Morgan fingerprint density at radius 1 is 1.38 bits per heavy atom. The van der Waals surface area contributed by atoms with Crippen molar-refractivity contribution in [2.24, 2.45) is 4.99 Å². The molecule has 0 saturated carbocycles. The van der Waals surface area contributed by atoms with E-state index >= 15 is 0 Å². The van der Waals surface area contributed by atoms with Crippen molar-refractivity contribution >= 4 is 5.96 Å². The van der Waals surface area contributed by atoms with Gasteiger partial charge in [-0.05, 0) is 18.9 Å². The molecule has 2 N–H and O–H groups in total. The van der Waals surface area contributed by atoms with Crippen LogP contribution in [0.25, 0.3) is 0 Å². The Labute approximate surface area is 128 Å². The first kappa shape index (κ1) is 17.3. The number of pyridine rings is 1. The fourth-order valence-electron chi connectivity index (χ4n) is 2.02. The average Bonchev–Trinajstić information content (AvgIpc) is 2.52. The summed E-state index contributed by atoms with van der Waals surface area (Å²) in [5.41, 5.74) is 1.09. The number of hydrogen-bond donors (Lipinski definition) is 2. The summed E-state index contributed by atoms with van der Waals surface area (Å²) in [4.78, 5) is 8.44. The van der Waals surface area contributed by atoms with Crippen molar-refractivity contribution in [3.63, 3.8) is 0 Å². The number of nitrogens with one attached hydrogen (secondary N) is 2. The van der Waals surface area contributed by atoms with Crippen LogP contribution >= 0.6 is 0 Å². The highest BCUT2D eigenvalue weighted by Crippen LogP contribution is 2.06. The second-order valence-electron chi connectivity index (χ2n) is 5.18. The lowest BCUT2D eigenvalue weighted by molar-refractivity contribution is 0.397. The van der Waals surface area contributed by atoms with E-state index in [4.69, 9.17) is 4.74 Å². The van der Waals surface area contributed by atoms with Crippen LogP contribution in [0.5, 0.6) is 5.88 Å². The van der Waals surface area contributed by atoms with E-state index in [-0.39, 0.29) is 0 Å². The molecule has 1 unspecified atom stereocenters. The molecule has 0 amide bonds. The lowest BCUT2D eigenvalue weighted by Crippen LogP contribution is -2.41. The zero-order chi connectivity index (χ0) is 15.5. The maximum absolute atomic E-state index is 5.05. The second kappa shape index (κ2) is 10.0. The summed E-state index contributed by atoms with van der Waals surface area (Å²) in [5.74, 6) is 1.46. The van der Waals surface area contributed by atoms with Gasteiger partial charge in [-0.2, -0.15) is 0 Å². The SMILES string of the molecule is CCCCCC(C)NC(=NC)NCc1ccc(OC)nc1. The van der Waals surface area contributed by atoms with Crippen LogP contribution in [0.2, 0.25) is 0 Å². The Bertz CT molecular complexity index is 417. The summed E-state index contributed by atoms with van der Waals surface area (Å²) in [7, 11) is 3.41. The molecule has 1 aromatic rings. The predicted octanol–water partition coefficient (Wildman–Crippen LogP) is 2.72. The van der Waals surface area contributed by atoms with Gasteiger partial charge < -0.3 is 15.4 Å². The normalized spacial score (nSPS) is 12.9. The summed E-state index contributed by atoms with van der Waals surface area (Å²) >= 11 is 0. The standard InChI is InChI=1S/C16H28N4O/c1-5-6-7-8-13(2)20-16(17-3)19-12-14-9-10-15(21-4)18-11-14/h9-11,13H,5-8,12H2,1-4H3,(H2,17,19,20). The van der Waals surface area contributed by atoms with Gasteiger partial charge in [0.1, 0.15) is 0 Å². The van der Waals surface area contributed by atoms with Crippen molar-refractivity contribution < 1.29 is 4.74 Å². The Hall–Kier alpha value is -1.78. The number of aromatic nitrogens is 1. The monoisotopic (exact) mass is 292 g/mol. The molecule has 1 atom stereocenters. The maximum Gasteiger partial charge on any atom is 0.212 e. The third-order valence-electron chi connectivity index (χ3n) is 3.31. The average molecular weight is 292 g/mol. The zero-order valence-corrected chi connectivity index (χ0v) is 13.6. The molecule has 1 heterocycles. The Morgan fingerprint density at radius 2 is 2.19 bits per heavy atom. The van der Waals surface area contributed by atoms with Gasteiger partial charge in [0, 0.05) is 31.9 Å². The molecule has 118 valence electrons. The molecule has 0 saturated heterocycles. The molecule has 21 heavy (non-hydrogen) atoms. The van der Waals surface area contributed by atoms with E-state index in [9.17, 15) is 0 Å². The van der Waals surface area contributed by atoms with E-state index < -0.39 is 0 Å². The third-order valence-corrected chi connectivity index (χ3v) is 3.31. The number of ether oxygens (including phenoxy) is 1. The summed E-state index contributed by atoms with van der Waals surface area (Å²) in [5, 5.41) is 6.71. The molecular formula is C16H28N4O. The molecule has 0 radical (unpaired) electrons. The molecule has 5 heteroatoms. The molecular weight excluding hydrogens is 264 g/mol. The van der Waals surface area contributed by atoms with Crippen molar-refractivity contribution in [1.29, 1.82) is 0 Å². The molecule has 1 aromatic heterocycles. The first-order chi connectivity index (χ1) is 10.2. The minimum absolute atomic E-state index is 0.428. The van der Waals surface area contributed by atoms with Gasteiger partial charge in [0.05, 0.1) is 7.11 Å². The zero-order valence-electron chi connectivity index (χ0n) is 13.6. The van der Waals surface area contributed by atoms with Gasteiger partial charge in [0.2, 0.25) is 5.88 Å². The summed E-state index contributed by atoms with van der Waals surface area (Å²) in [6, 6.07) is 4.29. The fourth-order valence-corrected chi connectivity index (χ4v) is 2.02. The van der Waals surface area contributed by atoms with Gasteiger partial charge in [0.25, 0.3) is 0 Å². The molecule has 1 rings (SSSR count). The Morgan fingerprint density at radius 3 is 2.76 bits per heavy atom. The molecule has 5 nitrogen and oxygen atoms in total. The fraction of sp³-hybridized carbons (Fsp3) is 0.625. The van der Waals surface area contributed by atoms with E-state index in [0.29, 0.717) is 18.5 Å². The van der Waals surface area contributed by atoms with Crippen LogP contribution in [0.4, 0.5) is 0 Å².